The molecule has 0 amide bonds. The van der Waals surface area contributed by atoms with E-state index in [4.69, 9.17) is 0 Å². The summed E-state index contributed by atoms with van der Waals surface area (Å²) < 4.78 is 0. The van der Waals surface area contributed by atoms with Gasteiger partial charge in [-0.25, -0.2) is 0 Å². The fourth-order valence-corrected chi connectivity index (χ4v) is 1.82. The van der Waals surface area contributed by atoms with E-state index in [1.807, 2.05) is 0 Å². The van der Waals surface area contributed by atoms with Crippen LogP contribution in [0.25, 0.3) is 0 Å². The van der Waals surface area contributed by atoms with Gasteiger partial charge in [-0.1, -0.05) is 6.42 Å². The molecule has 1 nitrogen and oxygen atoms in total. The molecular weight excluding hydrogens is 98.1 g/mol. The molecule has 8 heavy (non-hydrogen) atoms. The molecule has 0 aromatic rings. The van der Waals surface area contributed by atoms with Gasteiger partial charge in [-0.05, 0) is 24.7 Å². The molecule has 0 saturated heterocycles. The zero-order valence-corrected chi connectivity index (χ0v) is 5.01. The second-order valence-electron chi connectivity index (χ2n) is 2.87. The lowest BCUT2D eigenvalue weighted by molar-refractivity contribution is 0.534. The first kappa shape index (κ1) is 4.54. The Morgan fingerprint density at radius 3 is 3.25 bits per heavy atom. The van der Waals surface area contributed by atoms with Crippen LogP contribution in [0.4, 0.5) is 0 Å². The molecular formula is C7H11N. The van der Waals surface area contributed by atoms with Gasteiger partial charge in [0, 0.05) is 12.8 Å². The summed E-state index contributed by atoms with van der Waals surface area (Å²) in [7, 11) is 0. The predicted molar refractivity (Wildman–Crippen MR) is 34.2 cm³/mol. The quantitative estimate of drug-likeness (QED) is 0.447. The Morgan fingerprint density at radius 2 is 2.38 bits per heavy atom. The molecule has 1 heterocycles. The molecule has 1 saturated carbocycles. The normalized spacial score (nSPS) is 43.0. The highest BCUT2D eigenvalue weighted by molar-refractivity contribution is 5.63. The second kappa shape index (κ2) is 1.57. The molecule has 1 heteroatoms. The first-order valence-electron chi connectivity index (χ1n) is 3.47. The maximum Gasteiger partial charge on any atom is 0.0419 e. The lowest BCUT2D eigenvalue weighted by Gasteiger charge is -2.02. The number of hydrogen-bond donors (Lipinski definition) is 0. The van der Waals surface area contributed by atoms with Crippen molar-refractivity contribution in [3.05, 3.63) is 0 Å². The molecule has 1 fully saturated rings. The molecule has 1 aliphatic heterocycles. The Hall–Kier alpha value is -0.330. The molecule has 0 spiro atoms. The van der Waals surface area contributed by atoms with Gasteiger partial charge in [0.1, 0.15) is 0 Å². The minimum atomic E-state index is 0.884. The number of fused-ring (bicyclic) bond motifs is 1. The fourth-order valence-electron chi connectivity index (χ4n) is 1.82. The van der Waals surface area contributed by atoms with Crippen molar-refractivity contribution in [2.45, 2.75) is 19.3 Å². The number of rotatable bonds is 0. The van der Waals surface area contributed by atoms with E-state index < -0.39 is 0 Å². The Balaban J connectivity index is 2.13. The summed E-state index contributed by atoms with van der Waals surface area (Å²) in [6.45, 7) is 1.13. The Morgan fingerprint density at radius 1 is 1.38 bits per heavy atom. The number of nitrogens with zero attached hydrogens (tertiary/aromatic N) is 1. The van der Waals surface area contributed by atoms with Crippen molar-refractivity contribution in [1.29, 1.82) is 0 Å². The highest BCUT2D eigenvalue weighted by Crippen LogP contribution is 2.33. The van der Waals surface area contributed by atoms with Gasteiger partial charge in [0.15, 0.2) is 0 Å². The Labute approximate surface area is 49.8 Å². The van der Waals surface area contributed by atoms with Crippen LogP contribution in [0.2, 0.25) is 0 Å². The summed E-state index contributed by atoms with van der Waals surface area (Å²) in [5.74, 6) is 1.84. The van der Waals surface area contributed by atoms with Crippen LogP contribution in [0.5, 0.6) is 0 Å². The van der Waals surface area contributed by atoms with Gasteiger partial charge in [0.05, 0.1) is 0 Å². The molecule has 2 aliphatic rings. The Bertz CT molecular complexity index is 118. The molecule has 44 valence electrons. The largest absolute Gasteiger partial charge is 0.297 e. The van der Waals surface area contributed by atoms with Crippen molar-refractivity contribution < 1.29 is 0 Å². The molecule has 1 aliphatic carbocycles. The van der Waals surface area contributed by atoms with Crippen LogP contribution in [0, 0.1) is 11.8 Å². The zero-order chi connectivity index (χ0) is 5.40. The van der Waals surface area contributed by atoms with E-state index in [2.05, 4.69) is 11.2 Å². The lowest BCUT2D eigenvalue weighted by Crippen LogP contribution is -2.03. The van der Waals surface area contributed by atoms with Gasteiger partial charge in [0.25, 0.3) is 0 Å². The minimum absolute atomic E-state index is 0.884. The zero-order valence-electron chi connectivity index (χ0n) is 5.01. The summed E-state index contributed by atoms with van der Waals surface area (Å²) in [5, 5.41) is 0. The molecule has 0 N–H and O–H groups in total. The van der Waals surface area contributed by atoms with Gasteiger partial charge in [-0.15, -0.1) is 0 Å². The average Bonchev–Trinajstić information content (AvgIpc) is 2.15. The molecule has 0 aromatic carbocycles. The van der Waals surface area contributed by atoms with Crippen LogP contribution in [-0.2, 0) is 0 Å². The maximum atomic E-state index is 4.24. The Kier molecular flexibility index (Phi) is 0.893. The summed E-state index contributed by atoms with van der Waals surface area (Å²) >= 11 is 0. The number of aliphatic imine (C=N–C) groups is 1. The van der Waals surface area contributed by atoms with Crippen molar-refractivity contribution in [2.24, 2.45) is 16.8 Å². The van der Waals surface area contributed by atoms with Crippen molar-refractivity contribution in [1.82, 2.24) is 0 Å². The van der Waals surface area contributed by atoms with E-state index in [-0.39, 0.29) is 0 Å². The van der Waals surface area contributed by atoms with Gasteiger partial charge >= 0.3 is 0 Å². The van der Waals surface area contributed by atoms with Crippen LogP contribution >= 0.6 is 0 Å². The van der Waals surface area contributed by atoms with Gasteiger partial charge < -0.3 is 0 Å². The monoisotopic (exact) mass is 109 g/mol. The van der Waals surface area contributed by atoms with Crippen molar-refractivity contribution in [2.75, 3.05) is 6.54 Å². The average molecular weight is 109 g/mol. The van der Waals surface area contributed by atoms with Crippen LogP contribution in [-0.4, -0.2) is 12.8 Å². The summed E-state index contributed by atoms with van der Waals surface area (Å²) in [6, 6.07) is 0. The third kappa shape index (κ3) is 0.504. The SMILES string of the molecule is C1=NCC2CCCC12. The summed E-state index contributed by atoms with van der Waals surface area (Å²) in [4.78, 5) is 4.24. The second-order valence-corrected chi connectivity index (χ2v) is 2.87. The predicted octanol–water partition coefficient (Wildman–Crippen LogP) is 1.49. The van der Waals surface area contributed by atoms with Crippen molar-refractivity contribution >= 4 is 6.21 Å². The maximum absolute atomic E-state index is 4.24. The van der Waals surface area contributed by atoms with Crippen molar-refractivity contribution in [3.8, 4) is 0 Å². The summed E-state index contributed by atoms with van der Waals surface area (Å²) in [5.41, 5.74) is 0. The highest BCUT2D eigenvalue weighted by atomic mass is 14.8. The van der Waals surface area contributed by atoms with Gasteiger partial charge in [-0.2, -0.15) is 0 Å². The molecule has 2 unspecified atom stereocenters. The lowest BCUT2D eigenvalue weighted by atomic mass is 10.0. The third-order valence-corrected chi connectivity index (χ3v) is 2.35. The highest BCUT2D eigenvalue weighted by Gasteiger charge is 2.28. The molecule has 2 atom stereocenters. The van der Waals surface area contributed by atoms with Gasteiger partial charge in [0.2, 0.25) is 0 Å². The fraction of sp³-hybridized carbons (Fsp3) is 0.857. The minimum Gasteiger partial charge on any atom is -0.297 e. The molecule has 0 aromatic heterocycles. The van der Waals surface area contributed by atoms with E-state index in [1.54, 1.807) is 0 Å². The van der Waals surface area contributed by atoms with Crippen LogP contribution in [0.1, 0.15) is 19.3 Å². The van der Waals surface area contributed by atoms with E-state index in [9.17, 15) is 0 Å². The number of hydrogen-bond acceptors (Lipinski definition) is 1. The van der Waals surface area contributed by atoms with Crippen LogP contribution < -0.4 is 0 Å². The third-order valence-electron chi connectivity index (χ3n) is 2.35. The van der Waals surface area contributed by atoms with Crippen LogP contribution in [0.3, 0.4) is 0 Å². The van der Waals surface area contributed by atoms with E-state index in [1.165, 1.54) is 19.3 Å². The first-order valence-corrected chi connectivity index (χ1v) is 3.47. The molecule has 0 bridgehead atoms. The van der Waals surface area contributed by atoms with Crippen LogP contribution in [0.15, 0.2) is 4.99 Å². The standard InChI is InChI=1S/C7H11N/c1-2-6-4-8-5-7(6)3-1/h4,6-7H,1-3,5H2. The first-order chi connectivity index (χ1) is 3.97. The van der Waals surface area contributed by atoms with Gasteiger partial charge in [-0.3, -0.25) is 4.99 Å². The van der Waals surface area contributed by atoms with E-state index in [0.717, 1.165) is 18.4 Å². The van der Waals surface area contributed by atoms with E-state index >= 15 is 0 Å². The molecule has 0 radical (unpaired) electrons. The topological polar surface area (TPSA) is 12.4 Å². The summed E-state index contributed by atoms with van der Waals surface area (Å²) in [6.07, 6.45) is 6.46. The van der Waals surface area contributed by atoms with E-state index in [0.29, 0.717) is 0 Å². The smallest absolute Gasteiger partial charge is 0.0419 e. The molecule has 2 rings (SSSR count). The van der Waals surface area contributed by atoms with Crippen molar-refractivity contribution in [3.63, 3.8) is 0 Å².